The van der Waals surface area contributed by atoms with Gasteiger partial charge < -0.3 is 4.74 Å². The molecule has 1 amide bonds. The molecule has 8 heteroatoms. The first-order valence-corrected chi connectivity index (χ1v) is 9.69. The minimum atomic E-state index is -3.75. The van der Waals surface area contributed by atoms with Crippen LogP contribution in [-0.4, -0.2) is 34.5 Å². The van der Waals surface area contributed by atoms with Crippen molar-refractivity contribution in [2.45, 2.75) is 23.8 Å². The molecule has 3 rings (SSSR count). The fourth-order valence-electron chi connectivity index (χ4n) is 2.45. The van der Waals surface area contributed by atoms with E-state index in [4.69, 9.17) is 4.74 Å². The lowest BCUT2D eigenvalue weighted by molar-refractivity contribution is 0.0951. The number of benzene rings is 2. The van der Waals surface area contributed by atoms with Gasteiger partial charge in [0.25, 0.3) is 5.91 Å². The smallest absolute Gasteiger partial charge is 0.269 e. The highest BCUT2D eigenvalue weighted by molar-refractivity contribution is 7.89. The van der Waals surface area contributed by atoms with Crippen LogP contribution in [-0.2, 0) is 10.0 Å². The van der Waals surface area contributed by atoms with Gasteiger partial charge in [0.05, 0.1) is 12.8 Å². The Balaban J connectivity index is 1.83. The lowest BCUT2D eigenvalue weighted by atomic mass is 10.2. The van der Waals surface area contributed by atoms with Gasteiger partial charge in [-0.1, -0.05) is 18.2 Å². The molecule has 1 saturated carbocycles. The van der Waals surface area contributed by atoms with E-state index in [1.165, 1.54) is 25.3 Å². The monoisotopic (exact) mass is 375 g/mol. The number of carbonyl (C=O) groups is 1. The Kier molecular flexibility index (Phi) is 5.15. The van der Waals surface area contributed by atoms with Gasteiger partial charge >= 0.3 is 0 Å². The van der Waals surface area contributed by atoms with Gasteiger partial charge in [-0.2, -0.15) is 0 Å². The molecule has 26 heavy (non-hydrogen) atoms. The van der Waals surface area contributed by atoms with Crippen LogP contribution in [0.15, 0.2) is 53.4 Å². The number of hydrogen-bond donors (Lipinski definition) is 2. The van der Waals surface area contributed by atoms with E-state index >= 15 is 0 Å². The van der Waals surface area contributed by atoms with Crippen molar-refractivity contribution in [3.05, 3.63) is 54.1 Å². The second kappa shape index (κ2) is 7.35. The van der Waals surface area contributed by atoms with E-state index in [0.717, 1.165) is 18.5 Å². The number of ether oxygens (including phenoxy) is 1. The number of hydrogen-bond acceptors (Lipinski definition) is 5. The number of amides is 1. The van der Waals surface area contributed by atoms with Gasteiger partial charge in [-0.3, -0.25) is 15.2 Å². The van der Waals surface area contributed by atoms with Crippen molar-refractivity contribution in [2.75, 3.05) is 19.2 Å². The van der Waals surface area contributed by atoms with Crippen LogP contribution in [0, 0.1) is 0 Å². The molecule has 0 aromatic heterocycles. The average Bonchev–Trinajstić information content (AvgIpc) is 3.45. The van der Waals surface area contributed by atoms with Crippen molar-refractivity contribution in [1.29, 1.82) is 0 Å². The summed E-state index contributed by atoms with van der Waals surface area (Å²) in [5.41, 5.74) is 3.75. The molecule has 0 bridgehead atoms. The lowest BCUT2D eigenvalue weighted by Gasteiger charge is -2.20. The van der Waals surface area contributed by atoms with Crippen LogP contribution < -0.4 is 19.9 Å². The maximum atomic E-state index is 12.5. The van der Waals surface area contributed by atoms with E-state index in [9.17, 15) is 13.2 Å². The Bertz CT molecular complexity index is 896. The Morgan fingerprint density at radius 2 is 1.85 bits per heavy atom. The first-order valence-electron chi connectivity index (χ1n) is 8.21. The third kappa shape index (κ3) is 4.14. The highest BCUT2D eigenvalue weighted by Crippen LogP contribution is 2.28. The summed E-state index contributed by atoms with van der Waals surface area (Å²) in [6, 6.07) is 13.6. The number of carbonyl (C=O) groups excluding carboxylic acids is 1. The Hall–Kier alpha value is -2.58. The van der Waals surface area contributed by atoms with E-state index in [-0.39, 0.29) is 22.3 Å². The summed E-state index contributed by atoms with van der Waals surface area (Å²) in [7, 11) is -0.636. The largest absolute Gasteiger partial charge is 0.495 e. The molecular weight excluding hydrogens is 354 g/mol. The minimum Gasteiger partial charge on any atom is -0.495 e. The minimum absolute atomic E-state index is 0.0357. The quantitative estimate of drug-likeness (QED) is 0.722. The zero-order valence-corrected chi connectivity index (χ0v) is 15.4. The van der Waals surface area contributed by atoms with E-state index in [1.54, 1.807) is 12.1 Å². The molecule has 0 atom stereocenters. The molecule has 0 heterocycles. The topological polar surface area (TPSA) is 87.7 Å². The SMILES string of the molecule is COc1ccc(C(=O)NN(C)c2ccccc2)cc1S(=O)(=O)NC1CC1. The van der Waals surface area contributed by atoms with Crippen LogP contribution in [0.25, 0.3) is 0 Å². The van der Waals surface area contributed by atoms with Gasteiger partial charge in [-0.15, -0.1) is 0 Å². The molecule has 0 spiro atoms. The summed E-state index contributed by atoms with van der Waals surface area (Å²) in [5, 5.41) is 1.57. The van der Waals surface area contributed by atoms with E-state index in [2.05, 4.69) is 10.1 Å². The van der Waals surface area contributed by atoms with Crippen molar-refractivity contribution in [3.8, 4) is 5.75 Å². The van der Waals surface area contributed by atoms with Gasteiger partial charge in [0, 0.05) is 18.7 Å². The van der Waals surface area contributed by atoms with Crippen LogP contribution in [0.4, 0.5) is 5.69 Å². The third-order valence-corrected chi connectivity index (χ3v) is 5.57. The van der Waals surface area contributed by atoms with Crippen molar-refractivity contribution < 1.29 is 17.9 Å². The number of hydrazine groups is 1. The first kappa shape index (κ1) is 18.2. The van der Waals surface area contributed by atoms with Crippen molar-refractivity contribution in [3.63, 3.8) is 0 Å². The predicted molar refractivity (Wildman–Crippen MR) is 98.6 cm³/mol. The summed E-state index contributed by atoms with van der Waals surface area (Å²) in [6.07, 6.45) is 1.65. The Labute approximate surface area is 153 Å². The number of methoxy groups -OCH3 is 1. The molecule has 1 aliphatic rings. The summed E-state index contributed by atoms with van der Waals surface area (Å²) in [5.74, 6) is -0.215. The van der Waals surface area contributed by atoms with Gasteiger partial charge in [-0.25, -0.2) is 13.1 Å². The number of nitrogens with zero attached hydrogens (tertiary/aromatic N) is 1. The van der Waals surface area contributed by atoms with Crippen LogP contribution in [0.5, 0.6) is 5.75 Å². The molecule has 1 aliphatic carbocycles. The van der Waals surface area contributed by atoms with Crippen LogP contribution in [0.3, 0.4) is 0 Å². The maximum Gasteiger partial charge on any atom is 0.269 e. The molecular formula is C18H21N3O4S. The summed E-state index contributed by atoms with van der Waals surface area (Å²) >= 11 is 0. The first-order chi connectivity index (χ1) is 12.4. The van der Waals surface area contributed by atoms with E-state index < -0.39 is 15.9 Å². The van der Waals surface area contributed by atoms with Crippen molar-refractivity contribution in [1.82, 2.24) is 10.1 Å². The zero-order valence-electron chi connectivity index (χ0n) is 14.6. The number of nitrogens with one attached hydrogen (secondary N) is 2. The van der Waals surface area contributed by atoms with Gasteiger partial charge in [0.1, 0.15) is 10.6 Å². The van der Waals surface area contributed by atoms with E-state index in [0.29, 0.717) is 0 Å². The van der Waals surface area contributed by atoms with E-state index in [1.807, 2.05) is 30.3 Å². The van der Waals surface area contributed by atoms with Gasteiger partial charge in [-0.05, 0) is 43.2 Å². The fraction of sp³-hybridized carbons (Fsp3) is 0.278. The number of para-hydroxylation sites is 1. The van der Waals surface area contributed by atoms with Crippen LogP contribution in [0.1, 0.15) is 23.2 Å². The molecule has 1 fully saturated rings. The number of sulfonamides is 1. The summed E-state index contributed by atoms with van der Waals surface area (Å²) in [4.78, 5) is 12.5. The number of rotatable bonds is 7. The van der Waals surface area contributed by atoms with Gasteiger partial charge in [0.15, 0.2) is 0 Å². The average molecular weight is 375 g/mol. The highest BCUT2D eigenvalue weighted by Gasteiger charge is 2.30. The molecule has 0 unspecified atom stereocenters. The number of anilines is 1. The molecule has 0 radical (unpaired) electrons. The molecule has 7 nitrogen and oxygen atoms in total. The predicted octanol–water partition coefficient (Wildman–Crippen LogP) is 1.92. The highest BCUT2D eigenvalue weighted by atomic mass is 32.2. The standard InChI is InChI=1S/C18H21N3O4S/c1-21(15-6-4-3-5-7-15)19-18(22)13-8-11-16(25-2)17(12-13)26(23,24)20-14-9-10-14/h3-8,11-12,14,20H,9-10H2,1-2H3,(H,19,22). The van der Waals surface area contributed by atoms with Crippen molar-refractivity contribution >= 4 is 21.6 Å². The lowest BCUT2D eigenvalue weighted by Crippen LogP contribution is -2.39. The van der Waals surface area contributed by atoms with Crippen molar-refractivity contribution in [2.24, 2.45) is 0 Å². The van der Waals surface area contributed by atoms with Gasteiger partial charge in [0.2, 0.25) is 10.0 Å². The fourth-order valence-corrected chi connectivity index (χ4v) is 3.94. The second-order valence-corrected chi connectivity index (χ2v) is 7.78. The molecule has 138 valence electrons. The second-order valence-electron chi connectivity index (χ2n) is 6.10. The molecule has 0 aliphatic heterocycles. The molecule has 2 N–H and O–H groups in total. The van der Waals surface area contributed by atoms with Crippen LogP contribution in [0.2, 0.25) is 0 Å². The molecule has 0 saturated heterocycles. The molecule has 2 aromatic rings. The Morgan fingerprint density at radius 1 is 1.15 bits per heavy atom. The third-order valence-electron chi connectivity index (χ3n) is 4.03. The maximum absolute atomic E-state index is 12.5. The zero-order chi connectivity index (χ0) is 18.7. The molecule has 2 aromatic carbocycles. The van der Waals surface area contributed by atoms with Crippen LogP contribution >= 0.6 is 0 Å². The summed E-state index contributed by atoms with van der Waals surface area (Å²) < 4.78 is 32.9. The summed E-state index contributed by atoms with van der Waals surface area (Å²) in [6.45, 7) is 0. The Morgan fingerprint density at radius 3 is 2.46 bits per heavy atom. The normalized spacial score (nSPS) is 13.9.